The van der Waals surface area contributed by atoms with Gasteiger partial charge in [-0.05, 0) is 32.6 Å². The van der Waals surface area contributed by atoms with E-state index < -0.39 is 0 Å². The zero-order valence-electron chi connectivity index (χ0n) is 12.7. The first-order chi connectivity index (χ1) is 10.1. The van der Waals surface area contributed by atoms with Gasteiger partial charge in [-0.1, -0.05) is 0 Å². The van der Waals surface area contributed by atoms with Crippen molar-refractivity contribution in [2.45, 2.75) is 44.8 Å². The summed E-state index contributed by atoms with van der Waals surface area (Å²) in [6.45, 7) is 5.97. The second kappa shape index (κ2) is 6.15. The third kappa shape index (κ3) is 3.44. The third-order valence-electron chi connectivity index (χ3n) is 4.65. The molecule has 0 aliphatic carbocycles. The van der Waals surface area contributed by atoms with Crippen LogP contribution in [0.25, 0.3) is 0 Å². The maximum atomic E-state index is 9.61. The second-order valence-electron chi connectivity index (χ2n) is 6.18. The maximum Gasteiger partial charge on any atom is 0.134 e. The Morgan fingerprint density at radius 3 is 2.38 bits per heavy atom. The van der Waals surface area contributed by atoms with E-state index >= 15 is 0 Å². The Balaban J connectivity index is 1.57. The van der Waals surface area contributed by atoms with Gasteiger partial charge in [0.15, 0.2) is 0 Å². The van der Waals surface area contributed by atoms with E-state index in [4.69, 9.17) is 5.73 Å². The summed E-state index contributed by atoms with van der Waals surface area (Å²) in [5.74, 6) is 2.23. The van der Waals surface area contributed by atoms with E-state index in [2.05, 4.69) is 19.8 Å². The van der Waals surface area contributed by atoms with Gasteiger partial charge < -0.3 is 20.6 Å². The first kappa shape index (κ1) is 14.5. The highest BCUT2D eigenvalue weighted by molar-refractivity contribution is 5.47. The summed E-state index contributed by atoms with van der Waals surface area (Å²) in [5, 5.41) is 9.61. The smallest absolute Gasteiger partial charge is 0.134 e. The van der Waals surface area contributed by atoms with E-state index in [9.17, 15) is 5.11 Å². The molecule has 116 valence electrons. The standard InChI is InChI=1S/C15H25N5O/c1-11-17-14(16)10-15(18-11)20-6-2-12(3-7-20)19-8-4-13(21)5-9-19/h10,12-13,21H,2-9H2,1H3,(H2,16,17,18). The number of aliphatic hydroxyl groups excluding tert-OH is 1. The van der Waals surface area contributed by atoms with Crippen LogP contribution in [-0.4, -0.2) is 58.3 Å². The molecule has 0 spiro atoms. The lowest BCUT2D eigenvalue weighted by molar-refractivity contribution is 0.0542. The van der Waals surface area contributed by atoms with Crippen molar-refractivity contribution in [1.29, 1.82) is 0 Å². The predicted molar refractivity (Wildman–Crippen MR) is 83.2 cm³/mol. The average molecular weight is 291 g/mol. The lowest BCUT2D eigenvalue weighted by Gasteiger charge is -2.41. The lowest BCUT2D eigenvalue weighted by Crippen LogP contribution is -2.48. The summed E-state index contributed by atoms with van der Waals surface area (Å²) in [5.41, 5.74) is 5.81. The number of nitrogens with two attached hydrogens (primary N) is 1. The van der Waals surface area contributed by atoms with Crippen molar-refractivity contribution in [2.24, 2.45) is 0 Å². The molecule has 2 fully saturated rings. The second-order valence-corrected chi connectivity index (χ2v) is 6.18. The number of nitrogen functional groups attached to an aromatic ring is 1. The molecule has 2 saturated heterocycles. The molecule has 1 aromatic rings. The van der Waals surface area contributed by atoms with E-state index in [1.165, 1.54) is 0 Å². The monoisotopic (exact) mass is 291 g/mol. The fourth-order valence-electron chi connectivity index (χ4n) is 3.45. The molecule has 3 heterocycles. The van der Waals surface area contributed by atoms with Crippen LogP contribution < -0.4 is 10.6 Å². The fourth-order valence-corrected chi connectivity index (χ4v) is 3.45. The van der Waals surface area contributed by atoms with E-state index in [1.54, 1.807) is 0 Å². The number of aliphatic hydroxyl groups is 1. The van der Waals surface area contributed by atoms with Gasteiger partial charge in [0.05, 0.1) is 6.10 Å². The normalized spacial score (nSPS) is 22.7. The molecule has 6 nitrogen and oxygen atoms in total. The highest BCUT2D eigenvalue weighted by atomic mass is 16.3. The van der Waals surface area contributed by atoms with Crippen molar-refractivity contribution in [3.63, 3.8) is 0 Å². The summed E-state index contributed by atoms with van der Waals surface area (Å²) in [6.07, 6.45) is 4.05. The SMILES string of the molecule is Cc1nc(N)cc(N2CCC(N3CCC(O)CC3)CC2)n1. The molecule has 0 bridgehead atoms. The zero-order chi connectivity index (χ0) is 14.8. The molecule has 0 saturated carbocycles. The van der Waals surface area contributed by atoms with Crippen LogP contribution in [-0.2, 0) is 0 Å². The molecular weight excluding hydrogens is 266 g/mol. The fraction of sp³-hybridized carbons (Fsp3) is 0.733. The number of nitrogens with zero attached hydrogens (tertiary/aromatic N) is 4. The Morgan fingerprint density at radius 1 is 1.10 bits per heavy atom. The average Bonchev–Trinajstić information content (AvgIpc) is 2.47. The third-order valence-corrected chi connectivity index (χ3v) is 4.65. The van der Waals surface area contributed by atoms with Crippen LogP contribution in [0, 0.1) is 6.92 Å². The Morgan fingerprint density at radius 2 is 1.76 bits per heavy atom. The summed E-state index contributed by atoms with van der Waals surface area (Å²) in [7, 11) is 0. The molecule has 0 aromatic carbocycles. The predicted octanol–water partition coefficient (Wildman–Crippen LogP) is 0.793. The van der Waals surface area contributed by atoms with Gasteiger partial charge in [0.2, 0.25) is 0 Å². The van der Waals surface area contributed by atoms with Crippen molar-refractivity contribution in [2.75, 3.05) is 36.8 Å². The van der Waals surface area contributed by atoms with E-state index in [0.717, 1.165) is 63.5 Å². The number of rotatable bonds is 2. The first-order valence-corrected chi connectivity index (χ1v) is 7.90. The highest BCUT2D eigenvalue weighted by Gasteiger charge is 2.28. The maximum absolute atomic E-state index is 9.61. The van der Waals surface area contributed by atoms with Gasteiger partial charge in [-0.3, -0.25) is 0 Å². The summed E-state index contributed by atoms with van der Waals surface area (Å²) in [6, 6.07) is 2.51. The molecule has 2 aliphatic rings. The molecule has 0 amide bonds. The summed E-state index contributed by atoms with van der Waals surface area (Å²) < 4.78 is 0. The van der Waals surface area contributed by atoms with Gasteiger partial charge in [0.1, 0.15) is 17.5 Å². The molecule has 6 heteroatoms. The lowest BCUT2D eigenvalue weighted by atomic mass is 9.99. The van der Waals surface area contributed by atoms with E-state index in [0.29, 0.717) is 11.9 Å². The van der Waals surface area contributed by atoms with Crippen LogP contribution in [0.3, 0.4) is 0 Å². The summed E-state index contributed by atoms with van der Waals surface area (Å²) in [4.78, 5) is 13.5. The van der Waals surface area contributed by atoms with E-state index in [1.807, 2.05) is 13.0 Å². The highest BCUT2D eigenvalue weighted by Crippen LogP contribution is 2.24. The summed E-state index contributed by atoms with van der Waals surface area (Å²) >= 11 is 0. The number of hydrogen-bond donors (Lipinski definition) is 2. The quantitative estimate of drug-likeness (QED) is 0.839. The molecule has 2 aliphatic heterocycles. The van der Waals surface area contributed by atoms with Crippen LogP contribution in [0.2, 0.25) is 0 Å². The van der Waals surface area contributed by atoms with Crippen LogP contribution in [0.4, 0.5) is 11.6 Å². The topological polar surface area (TPSA) is 78.5 Å². The van der Waals surface area contributed by atoms with Gasteiger partial charge >= 0.3 is 0 Å². The van der Waals surface area contributed by atoms with Crippen molar-refractivity contribution in [3.05, 3.63) is 11.9 Å². The van der Waals surface area contributed by atoms with Gasteiger partial charge in [-0.2, -0.15) is 0 Å². The molecular formula is C15H25N5O. The Hall–Kier alpha value is -1.40. The van der Waals surface area contributed by atoms with Crippen LogP contribution in [0.1, 0.15) is 31.5 Å². The first-order valence-electron chi connectivity index (χ1n) is 7.90. The minimum Gasteiger partial charge on any atom is -0.393 e. The molecule has 0 unspecified atom stereocenters. The Kier molecular flexibility index (Phi) is 4.26. The number of aromatic nitrogens is 2. The number of hydrogen-bond acceptors (Lipinski definition) is 6. The van der Waals surface area contributed by atoms with Gasteiger partial charge in [0.25, 0.3) is 0 Å². The number of anilines is 2. The van der Waals surface area contributed by atoms with Crippen molar-refractivity contribution >= 4 is 11.6 Å². The van der Waals surface area contributed by atoms with E-state index in [-0.39, 0.29) is 6.10 Å². The van der Waals surface area contributed by atoms with Crippen LogP contribution in [0.5, 0.6) is 0 Å². The Labute approximate surface area is 126 Å². The molecule has 3 N–H and O–H groups in total. The molecule has 0 radical (unpaired) electrons. The minimum absolute atomic E-state index is 0.0895. The van der Waals surface area contributed by atoms with Crippen molar-refractivity contribution in [1.82, 2.24) is 14.9 Å². The molecule has 1 aromatic heterocycles. The number of aryl methyl sites for hydroxylation is 1. The van der Waals surface area contributed by atoms with Crippen molar-refractivity contribution in [3.8, 4) is 0 Å². The molecule has 0 atom stereocenters. The van der Waals surface area contributed by atoms with Crippen LogP contribution >= 0.6 is 0 Å². The molecule has 21 heavy (non-hydrogen) atoms. The number of piperidine rings is 2. The molecule has 3 rings (SSSR count). The van der Waals surface area contributed by atoms with Gasteiger partial charge in [-0.15, -0.1) is 0 Å². The van der Waals surface area contributed by atoms with Gasteiger partial charge in [-0.25, -0.2) is 9.97 Å². The number of likely N-dealkylation sites (tertiary alicyclic amines) is 1. The zero-order valence-corrected chi connectivity index (χ0v) is 12.7. The Bertz CT molecular complexity index is 459. The largest absolute Gasteiger partial charge is 0.393 e. The minimum atomic E-state index is -0.0895. The van der Waals surface area contributed by atoms with Crippen LogP contribution in [0.15, 0.2) is 6.07 Å². The van der Waals surface area contributed by atoms with Crippen molar-refractivity contribution < 1.29 is 5.11 Å². The van der Waals surface area contributed by atoms with Gasteiger partial charge in [0, 0.05) is 38.3 Å².